The Hall–Kier alpha value is -0.520. The molecule has 1 aromatic heterocycles. The largest absolute Gasteiger partial charge is 0.346 e. The highest BCUT2D eigenvalue weighted by atomic mass is 35.5. The zero-order chi connectivity index (χ0) is 13.5. The molecule has 2 heterocycles. The zero-order valence-corrected chi connectivity index (χ0v) is 12.5. The maximum atomic E-state index is 12.6. The van der Waals surface area contributed by atoms with Gasteiger partial charge in [-0.15, -0.1) is 11.6 Å². The minimum Gasteiger partial charge on any atom is -0.346 e. The fraction of sp³-hybridized carbons (Fsp3) is 0.692. The van der Waals surface area contributed by atoms with Crippen molar-refractivity contribution < 1.29 is 8.42 Å². The molecule has 1 saturated heterocycles. The number of piperidine rings is 1. The lowest BCUT2D eigenvalue weighted by atomic mass is 10.2. The second-order valence-corrected chi connectivity index (χ2v) is 7.61. The zero-order valence-electron chi connectivity index (χ0n) is 10.9. The maximum Gasteiger partial charge on any atom is 0.244 e. The van der Waals surface area contributed by atoms with Crippen LogP contribution in [0.25, 0.3) is 0 Å². The van der Waals surface area contributed by atoms with E-state index in [0.29, 0.717) is 29.9 Å². The van der Waals surface area contributed by atoms with Gasteiger partial charge in [-0.3, -0.25) is 0 Å². The first-order valence-electron chi connectivity index (χ1n) is 6.90. The summed E-state index contributed by atoms with van der Waals surface area (Å²) in [5.74, 6) is 0.367. The summed E-state index contributed by atoms with van der Waals surface area (Å²) in [4.78, 5) is 0.414. The Kier molecular flexibility index (Phi) is 3.62. The molecule has 0 atom stereocenters. The minimum absolute atomic E-state index is 0.367. The highest BCUT2D eigenvalue weighted by Gasteiger charge is 2.31. The van der Waals surface area contributed by atoms with E-state index in [9.17, 15) is 8.42 Å². The van der Waals surface area contributed by atoms with Crippen LogP contribution in [0.1, 0.15) is 43.8 Å². The molecule has 0 radical (unpaired) electrons. The van der Waals surface area contributed by atoms with Crippen molar-refractivity contribution in [1.82, 2.24) is 8.87 Å². The predicted molar refractivity (Wildman–Crippen MR) is 74.9 cm³/mol. The molecule has 1 aliphatic heterocycles. The first-order chi connectivity index (χ1) is 9.13. The molecular formula is C13H19ClN2O2S. The van der Waals surface area contributed by atoms with Gasteiger partial charge >= 0.3 is 0 Å². The summed E-state index contributed by atoms with van der Waals surface area (Å²) < 4.78 is 28.8. The van der Waals surface area contributed by atoms with Crippen LogP contribution in [-0.2, 0) is 15.9 Å². The van der Waals surface area contributed by atoms with Gasteiger partial charge in [0.05, 0.1) is 5.88 Å². The van der Waals surface area contributed by atoms with Crippen LogP contribution in [0.15, 0.2) is 17.2 Å². The van der Waals surface area contributed by atoms with Crippen LogP contribution >= 0.6 is 11.6 Å². The summed E-state index contributed by atoms with van der Waals surface area (Å²) in [5, 5.41) is 0. The van der Waals surface area contributed by atoms with Gasteiger partial charge in [0.1, 0.15) is 4.90 Å². The number of hydrogen-bond donors (Lipinski definition) is 0. The molecule has 0 amide bonds. The number of alkyl halides is 1. The highest BCUT2D eigenvalue weighted by Crippen LogP contribution is 2.38. The third kappa shape index (κ3) is 2.56. The molecule has 1 aromatic rings. The summed E-state index contributed by atoms with van der Waals surface area (Å²) in [6.45, 7) is 1.29. The molecular weight excluding hydrogens is 284 g/mol. The normalized spacial score (nSPS) is 21.7. The van der Waals surface area contributed by atoms with Crippen LogP contribution in [0.4, 0.5) is 0 Å². The topological polar surface area (TPSA) is 42.3 Å². The second-order valence-electron chi connectivity index (χ2n) is 5.40. The molecule has 0 aromatic carbocycles. The Morgan fingerprint density at radius 3 is 2.47 bits per heavy atom. The first kappa shape index (κ1) is 13.5. The lowest BCUT2D eigenvalue weighted by Gasteiger charge is -2.25. The standard InChI is InChI=1S/C13H19ClN2O2S/c14-9-12-8-13(10-16(12)11-4-5-11)19(17,18)15-6-2-1-3-7-15/h8,10-11H,1-7,9H2. The first-order valence-corrected chi connectivity index (χ1v) is 8.87. The SMILES string of the molecule is O=S(=O)(c1cc(CCl)n(C2CC2)c1)N1CCCCC1. The second kappa shape index (κ2) is 5.11. The Balaban J connectivity index is 1.91. The lowest BCUT2D eigenvalue weighted by molar-refractivity contribution is 0.346. The van der Waals surface area contributed by atoms with Crippen molar-refractivity contribution in [1.29, 1.82) is 0 Å². The van der Waals surface area contributed by atoms with E-state index in [4.69, 9.17) is 11.6 Å². The summed E-state index contributed by atoms with van der Waals surface area (Å²) in [6.07, 6.45) is 7.08. The Labute approximate surface area is 119 Å². The van der Waals surface area contributed by atoms with Gasteiger partial charge in [0, 0.05) is 31.0 Å². The Morgan fingerprint density at radius 1 is 1.21 bits per heavy atom. The van der Waals surface area contributed by atoms with E-state index < -0.39 is 10.0 Å². The molecule has 3 rings (SSSR count). The van der Waals surface area contributed by atoms with Crippen LogP contribution in [-0.4, -0.2) is 30.4 Å². The van der Waals surface area contributed by atoms with Crippen LogP contribution < -0.4 is 0 Å². The van der Waals surface area contributed by atoms with Gasteiger partial charge in [0.15, 0.2) is 0 Å². The van der Waals surface area contributed by atoms with E-state index >= 15 is 0 Å². The van der Waals surface area contributed by atoms with E-state index in [0.717, 1.165) is 37.8 Å². The van der Waals surface area contributed by atoms with Crippen molar-refractivity contribution >= 4 is 21.6 Å². The van der Waals surface area contributed by atoms with E-state index in [1.807, 2.05) is 4.57 Å². The van der Waals surface area contributed by atoms with Crippen LogP contribution in [0.2, 0.25) is 0 Å². The van der Waals surface area contributed by atoms with Crippen molar-refractivity contribution in [3.05, 3.63) is 18.0 Å². The number of nitrogens with zero attached hydrogens (tertiary/aromatic N) is 2. The molecule has 0 bridgehead atoms. The summed E-state index contributed by atoms with van der Waals surface area (Å²) in [7, 11) is -3.33. The maximum absolute atomic E-state index is 12.6. The smallest absolute Gasteiger partial charge is 0.244 e. The molecule has 1 aliphatic carbocycles. The molecule has 4 nitrogen and oxygen atoms in total. The van der Waals surface area contributed by atoms with Gasteiger partial charge in [0.2, 0.25) is 10.0 Å². The fourth-order valence-corrected chi connectivity index (χ4v) is 4.48. The summed E-state index contributed by atoms with van der Waals surface area (Å²) in [5.41, 5.74) is 0.916. The van der Waals surface area contributed by atoms with Crippen LogP contribution in [0, 0.1) is 0 Å². The molecule has 0 spiro atoms. The van der Waals surface area contributed by atoms with Crippen molar-refractivity contribution in [2.75, 3.05) is 13.1 Å². The van der Waals surface area contributed by atoms with Crippen LogP contribution in [0.5, 0.6) is 0 Å². The number of hydrogen-bond acceptors (Lipinski definition) is 2. The number of aromatic nitrogens is 1. The van der Waals surface area contributed by atoms with E-state index in [-0.39, 0.29) is 0 Å². The number of sulfonamides is 1. The Morgan fingerprint density at radius 2 is 1.89 bits per heavy atom. The van der Waals surface area contributed by atoms with Gasteiger partial charge < -0.3 is 4.57 Å². The van der Waals surface area contributed by atoms with Gasteiger partial charge in [-0.1, -0.05) is 6.42 Å². The molecule has 2 aliphatic rings. The monoisotopic (exact) mass is 302 g/mol. The Bertz CT molecular complexity index is 557. The molecule has 19 heavy (non-hydrogen) atoms. The van der Waals surface area contributed by atoms with Gasteiger partial charge in [-0.2, -0.15) is 4.31 Å². The third-order valence-corrected chi connectivity index (χ3v) is 6.07. The quantitative estimate of drug-likeness (QED) is 0.803. The average Bonchev–Trinajstić information content (AvgIpc) is 3.18. The minimum atomic E-state index is -3.33. The van der Waals surface area contributed by atoms with Crippen molar-refractivity contribution in [3.8, 4) is 0 Å². The molecule has 2 fully saturated rings. The van der Waals surface area contributed by atoms with Gasteiger partial charge in [0.25, 0.3) is 0 Å². The highest BCUT2D eigenvalue weighted by molar-refractivity contribution is 7.89. The molecule has 1 saturated carbocycles. The van der Waals surface area contributed by atoms with Gasteiger partial charge in [-0.05, 0) is 31.7 Å². The molecule has 0 N–H and O–H groups in total. The van der Waals surface area contributed by atoms with Crippen LogP contribution in [0.3, 0.4) is 0 Å². The van der Waals surface area contributed by atoms with E-state index in [1.54, 1.807) is 16.6 Å². The fourth-order valence-electron chi connectivity index (χ4n) is 2.69. The lowest BCUT2D eigenvalue weighted by Crippen LogP contribution is -2.35. The molecule has 0 unspecified atom stereocenters. The number of halogens is 1. The van der Waals surface area contributed by atoms with E-state index in [2.05, 4.69) is 0 Å². The van der Waals surface area contributed by atoms with Crippen molar-refractivity contribution in [2.45, 2.75) is 48.9 Å². The summed E-state index contributed by atoms with van der Waals surface area (Å²) in [6, 6.07) is 2.20. The third-order valence-electron chi connectivity index (χ3n) is 3.94. The summed E-state index contributed by atoms with van der Waals surface area (Å²) >= 11 is 5.92. The van der Waals surface area contributed by atoms with Crippen molar-refractivity contribution in [3.63, 3.8) is 0 Å². The molecule has 106 valence electrons. The van der Waals surface area contributed by atoms with Crippen molar-refractivity contribution in [2.24, 2.45) is 0 Å². The van der Waals surface area contributed by atoms with Gasteiger partial charge in [-0.25, -0.2) is 8.42 Å². The predicted octanol–water partition coefficient (Wildman–Crippen LogP) is 2.74. The van der Waals surface area contributed by atoms with E-state index in [1.165, 1.54) is 0 Å². The average molecular weight is 303 g/mol. The number of rotatable bonds is 4. The molecule has 6 heteroatoms.